The van der Waals surface area contributed by atoms with E-state index in [1.54, 1.807) is 4.90 Å². The molecule has 1 aromatic carbocycles. The standard InChI is InChI=1S/C18H24ClN5/c1-13-5-6-14(2)17(11-13)24-18(19)16(15(3)21-24)12-20-23-9-7-22(4)8-10-23/h5-6,11-12H,7-10H2,1-4H3/p+1. The van der Waals surface area contributed by atoms with Crippen molar-refractivity contribution in [3.8, 4) is 5.69 Å². The van der Waals surface area contributed by atoms with Crippen molar-refractivity contribution >= 4 is 17.8 Å². The van der Waals surface area contributed by atoms with Crippen LogP contribution in [0.4, 0.5) is 0 Å². The molecule has 24 heavy (non-hydrogen) atoms. The molecule has 0 spiro atoms. The number of nitrogens with one attached hydrogen (secondary N) is 1. The normalized spacial score (nSPS) is 16.3. The molecular weight excluding hydrogens is 322 g/mol. The Hall–Kier alpha value is -1.85. The maximum Gasteiger partial charge on any atom is 0.142 e. The molecule has 3 rings (SSSR count). The van der Waals surface area contributed by atoms with Gasteiger partial charge in [0.15, 0.2) is 0 Å². The van der Waals surface area contributed by atoms with E-state index in [1.807, 2.05) is 17.8 Å². The maximum atomic E-state index is 6.62. The molecule has 0 saturated carbocycles. The van der Waals surface area contributed by atoms with Crippen LogP contribution >= 0.6 is 11.6 Å². The van der Waals surface area contributed by atoms with Crippen LogP contribution in [0.1, 0.15) is 22.4 Å². The molecule has 2 heterocycles. The third-order valence-corrected chi connectivity index (χ3v) is 4.95. The minimum Gasteiger partial charge on any atom is -0.334 e. The Bertz CT molecular complexity index is 757. The van der Waals surface area contributed by atoms with Gasteiger partial charge in [0.05, 0.1) is 56.4 Å². The van der Waals surface area contributed by atoms with E-state index < -0.39 is 0 Å². The first-order valence-electron chi connectivity index (χ1n) is 8.38. The number of nitrogens with zero attached hydrogens (tertiary/aromatic N) is 4. The van der Waals surface area contributed by atoms with E-state index in [0.29, 0.717) is 5.15 Å². The first kappa shape index (κ1) is 17.0. The van der Waals surface area contributed by atoms with Gasteiger partial charge in [-0.3, -0.25) is 5.01 Å². The van der Waals surface area contributed by atoms with Gasteiger partial charge in [-0.15, -0.1) is 0 Å². The SMILES string of the molecule is Cc1ccc(C)c(-n2nc(C)c(C=NN3CC[NH+](C)CC3)c2Cl)c1. The van der Waals surface area contributed by atoms with Crippen LogP contribution in [-0.4, -0.2) is 54.2 Å². The Morgan fingerprint density at radius 1 is 1.21 bits per heavy atom. The summed E-state index contributed by atoms with van der Waals surface area (Å²) in [6.07, 6.45) is 1.85. The number of quaternary nitrogens is 1. The molecule has 1 aliphatic heterocycles. The number of aryl methyl sites for hydroxylation is 3. The minimum absolute atomic E-state index is 0.615. The summed E-state index contributed by atoms with van der Waals surface area (Å²) in [5.41, 5.74) is 5.14. The van der Waals surface area contributed by atoms with Crippen molar-refractivity contribution in [1.29, 1.82) is 0 Å². The van der Waals surface area contributed by atoms with Crippen LogP contribution in [-0.2, 0) is 0 Å². The molecule has 1 fully saturated rings. The lowest BCUT2D eigenvalue weighted by atomic mass is 10.1. The number of benzene rings is 1. The first-order valence-corrected chi connectivity index (χ1v) is 8.76. The Labute approximate surface area is 148 Å². The number of hydrazone groups is 1. The average Bonchev–Trinajstić information content (AvgIpc) is 2.84. The van der Waals surface area contributed by atoms with E-state index in [0.717, 1.165) is 48.7 Å². The van der Waals surface area contributed by atoms with Gasteiger partial charge in [-0.1, -0.05) is 23.7 Å². The summed E-state index contributed by atoms with van der Waals surface area (Å²) < 4.78 is 1.81. The van der Waals surface area contributed by atoms with Crippen LogP contribution in [0.15, 0.2) is 23.3 Å². The zero-order valence-electron chi connectivity index (χ0n) is 14.8. The van der Waals surface area contributed by atoms with Gasteiger partial charge in [-0.25, -0.2) is 4.68 Å². The van der Waals surface area contributed by atoms with Crippen molar-refractivity contribution < 1.29 is 4.90 Å². The quantitative estimate of drug-likeness (QED) is 0.858. The second-order valence-corrected chi connectivity index (χ2v) is 7.00. The number of hydrogen-bond acceptors (Lipinski definition) is 3. The number of likely N-dealkylation sites (N-methyl/N-ethyl adjacent to an activating group) is 1. The molecule has 0 unspecified atom stereocenters. The van der Waals surface area contributed by atoms with Crippen LogP contribution in [0.5, 0.6) is 0 Å². The van der Waals surface area contributed by atoms with E-state index in [9.17, 15) is 0 Å². The highest BCUT2D eigenvalue weighted by molar-refractivity contribution is 6.32. The largest absolute Gasteiger partial charge is 0.334 e. The fraction of sp³-hybridized carbons (Fsp3) is 0.444. The van der Waals surface area contributed by atoms with Gasteiger partial charge in [0.2, 0.25) is 0 Å². The molecule has 0 bridgehead atoms. The summed E-state index contributed by atoms with van der Waals surface area (Å²) in [6.45, 7) is 10.3. The van der Waals surface area contributed by atoms with E-state index in [1.165, 1.54) is 5.56 Å². The van der Waals surface area contributed by atoms with Gasteiger partial charge in [0.1, 0.15) is 5.15 Å². The Morgan fingerprint density at radius 2 is 1.92 bits per heavy atom. The van der Waals surface area contributed by atoms with Gasteiger partial charge in [-0.2, -0.15) is 10.2 Å². The Morgan fingerprint density at radius 3 is 2.62 bits per heavy atom. The third-order valence-electron chi connectivity index (χ3n) is 4.58. The van der Waals surface area contributed by atoms with Gasteiger partial charge < -0.3 is 4.90 Å². The van der Waals surface area contributed by atoms with Gasteiger partial charge >= 0.3 is 0 Å². The second kappa shape index (κ2) is 6.95. The van der Waals surface area contributed by atoms with Gasteiger partial charge in [0, 0.05) is 0 Å². The predicted octanol–water partition coefficient (Wildman–Crippen LogP) is 1.62. The molecule has 0 aliphatic carbocycles. The van der Waals surface area contributed by atoms with E-state index in [-0.39, 0.29) is 0 Å². The Kier molecular flexibility index (Phi) is 4.92. The molecule has 0 atom stereocenters. The summed E-state index contributed by atoms with van der Waals surface area (Å²) in [6, 6.07) is 6.30. The topological polar surface area (TPSA) is 37.9 Å². The lowest BCUT2D eigenvalue weighted by molar-refractivity contribution is -0.884. The van der Waals surface area contributed by atoms with Crippen LogP contribution in [0.25, 0.3) is 5.69 Å². The molecule has 1 N–H and O–H groups in total. The lowest BCUT2D eigenvalue weighted by Gasteiger charge is -2.27. The minimum atomic E-state index is 0.615. The molecule has 128 valence electrons. The van der Waals surface area contributed by atoms with Crippen LogP contribution < -0.4 is 4.90 Å². The van der Waals surface area contributed by atoms with Gasteiger partial charge in [0.25, 0.3) is 0 Å². The molecule has 0 radical (unpaired) electrons. The highest BCUT2D eigenvalue weighted by Gasteiger charge is 2.17. The molecule has 1 saturated heterocycles. The van der Waals surface area contributed by atoms with Crippen molar-refractivity contribution in [3.05, 3.63) is 45.7 Å². The molecule has 6 heteroatoms. The molecular formula is C18H25ClN5+. The highest BCUT2D eigenvalue weighted by atomic mass is 35.5. The molecule has 1 aliphatic rings. The maximum absolute atomic E-state index is 6.62. The van der Waals surface area contributed by atoms with Crippen molar-refractivity contribution in [2.75, 3.05) is 33.2 Å². The summed E-state index contributed by atoms with van der Waals surface area (Å²) >= 11 is 6.62. The predicted molar refractivity (Wildman–Crippen MR) is 98.6 cm³/mol. The molecule has 0 amide bonds. The van der Waals surface area contributed by atoms with Crippen molar-refractivity contribution in [3.63, 3.8) is 0 Å². The number of halogens is 1. The van der Waals surface area contributed by atoms with E-state index in [4.69, 9.17) is 11.6 Å². The summed E-state index contributed by atoms with van der Waals surface area (Å²) in [5, 5.41) is 12.0. The number of hydrogen-bond donors (Lipinski definition) is 1. The van der Waals surface area contributed by atoms with Crippen LogP contribution in [0.3, 0.4) is 0 Å². The summed E-state index contributed by atoms with van der Waals surface area (Å²) in [5.74, 6) is 0. The van der Waals surface area contributed by atoms with E-state index in [2.05, 4.69) is 54.3 Å². The van der Waals surface area contributed by atoms with Crippen LogP contribution in [0, 0.1) is 20.8 Å². The monoisotopic (exact) mass is 346 g/mol. The number of rotatable bonds is 3. The zero-order valence-corrected chi connectivity index (χ0v) is 15.6. The molecule has 2 aromatic rings. The van der Waals surface area contributed by atoms with Gasteiger partial charge in [-0.05, 0) is 38.0 Å². The zero-order chi connectivity index (χ0) is 17.3. The van der Waals surface area contributed by atoms with Crippen LogP contribution in [0.2, 0.25) is 5.15 Å². The fourth-order valence-electron chi connectivity index (χ4n) is 2.90. The summed E-state index contributed by atoms with van der Waals surface area (Å²) in [4.78, 5) is 1.55. The van der Waals surface area contributed by atoms with Crippen molar-refractivity contribution in [2.45, 2.75) is 20.8 Å². The smallest absolute Gasteiger partial charge is 0.142 e. The van der Waals surface area contributed by atoms with Crippen molar-refractivity contribution in [2.24, 2.45) is 5.10 Å². The second-order valence-electron chi connectivity index (χ2n) is 6.65. The number of piperazine rings is 1. The average molecular weight is 347 g/mol. The molecule has 5 nitrogen and oxygen atoms in total. The van der Waals surface area contributed by atoms with Crippen molar-refractivity contribution in [1.82, 2.24) is 14.8 Å². The third kappa shape index (κ3) is 3.47. The highest BCUT2D eigenvalue weighted by Crippen LogP contribution is 2.25. The fourth-order valence-corrected chi connectivity index (χ4v) is 3.21. The summed E-state index contributed by atoms with van der Waals surface area (Å²) in [7, 11) is 2.22. The van der Waals surface area contributed by atoms with E-state index >= 15 is 0 Å². The lowest BCUT2D eigenvalue weighted by Crippen LogP contribution is -3.11. The first-order chi connectivity index (χ1) is 11.5. The Balaban J connectivity index is 1.88. The molecule has 1 aromatic heterocycles. The number of aromatic nitrogens is 2.